The molecule has 0 aromatic heterocycles. The van der Waals surface area contributed by atoms with Gasteiger partial charge in [-0.05, 0) is 58.7 Å². The summed E-state index contributed by atoms with van der Waals surface area (Å²) in [6.07, 6.45) is 16.4. The molecule has 0 spiro atoms. The third-order valence-corrected chi connectivity index (χ3v) is 9.10. The maximum atomic E-state index is 9.78. The highest BCUT2D eigenvalue weighted by atomic mass is 32.2. The Morgan fingerprint density at radius 2 is 1.09 bits per heavy atom. The second kappa shape index (κ2) is 19.1. The third kappa shape index (κ3) is 12.2. The van der Waals surface area contributed by atoms with Crippen LogP contribution in [-0.2, 0) is 11.5 Å². The van der Waals surface area contributed by atoms with Crippen molar-refractivity contribution in [2.24, 2.45) is 0 Å². The van der Waals surface area contributed by atoms with Crippen molar-refractivity contribution in [2.75, 3.05) is 11.5 Å². The predicted molar refractivity (Wildman–Crippen MR) is 161 cm³/mol. The molecule has 0 saturated heterocycles. The summed E-state index contributed by atoms with van der Waals surface area (Å²) in [5, 5.41) is 9.78. The molecule has 0 amide bonds. The lowest BCUT2D eigenvalue weighted by Gasteiger charge is -2.21. The van der Waals surface area contributed by atoms with Gasteiger partial charge < -0.3 is 5.11 Å². The SMILES string of the molecule is CCCCCCCCSCc1cccc(CSCCCCCCCC)c1C(C)c1ccc(O)cc1. The van der Waals surface area contributed by atoms with Crippen LogP contribution < -0.4 is 0 Å². The van der Waals surface area contributed by atoms with Gasteiger partial charge in [0.1, 0.15) is 5.75 Å². The molecule has 0 bridgehead atoms. The van der Waals surface area contributed by atoms with Gasteiger partial charge in [-0.2, -0.15) is 23.5 Å². The molecule has 1 N–H and O–H groups in total. The van der Waals surface area contributed by atoms with Crippen LogP contribution in [-0.4, -0.2) is 16.6 Å². The Balaban J connectivity index is 1.97. The van der Waals surface area contributed by atoms with Crippen molar-refractivity contribution in [1.29, 1.82) is 0 Å². The van der Waals surface area contributed by atoms with Crippen LogP contribution in [0.15, 0.2) is 42.5 Å². The summed E-state index contributed by atoms with van der Waals surface area (Å²) >= 11 is 4.21. The number of thioether (sulfide) groups is 2. The van der Waals surface area contributed by atoms with E-state index in [-0.39, 0.29) is 0 Å². The second-order valence-corrected chi connectivity index (χ2v) is 12.2. The molecule has 2 rings (SSSR count). The topological polar surface area (TPSA) is 20.2 Å². The van der Waals surface area contributed by atoms with E-state index in [1.807, 2.05) is 12.1 Å². The van der Waals surface area contributed by atoms with Gasteiger partial charge in [0.05, 0.1) is 0 Å². The lowest BCUT2D eigenvalue weighted by atomic mass is 9.87. The van der Waals surface area contributed by atoms with E-state index in [1.54, 1.807) is 0 Å². The molecule has 0 saturated carbocycles. The highest BCUT2D eigenvalue weighted by molar-refractivity contribution is 7.98. The van der Waals surface area contributed by atoms with Crippen LogP contribution in [0.1, 0.15) is 126 Å². The number of hydrogen-bond acceptors (Lipinski definition) is 3. The van der Waals surface area contributed by atoms with Crippen molar-refractivity contribution in [1.82, 2.24) is 0 Å². The van der Waals surface area contributed by atoms with Crippen LogP contribution in [0.25, 0.3) is 0 Å². The number of benzene rings is 2. The maximum Gasteiger partial charge on any atom is 0.115 e. The highest BCUT2D eigenvalue weighted by Crippen LogP contribution is 2.34. The van der Waals surface area contributed by atoms with E-state index in [1.165, 1.54) is 111 Å². The first kappa shape index (κ1) is 30.2. The van der Waals surface area contributed by atoms with E-state index in [0.29, 0.717) is 11.7 Å². The Morgan fingerprint density at radius 3 is 1.57 bits per heavy atom. The van der Waals surface area contributed by atoms with Gasteiger partial charge in [0.25, 0.3) is 0 Å². The lowest BCUT2D eigenvalue weighted by molar-refractivity contribution is 0.475. The largest absolute Gasteiger partial charge is 0.508 e. The fourth-order valence-electron chi connectivity index (χ4n) is 4.74. The molecule has 0 aliphatic rings. The summed E-state index contributed by atoms with van der Waals surface area (Å²) in [5.74, 6) is 5.40. The maximum absolute atomic E-state index is 9.78. The smallest absolute Gasteiger partial charge is 0.115 e. The number of phenolic OH excluding ortho intramolecular Hbond substituents is 1. The minimum absolute atomic E-state index is 0.339. The molecule has 196 valence electrons. The number of unbranched alkanes of at least 4 members (excludes halogenated alkanes) is 10. The molecule has 1 nitrogen and oxygen atoms in total. The molecular formula is C32H50OS2. The van der Waals surface area contributed by atoms with Gasteiger partial charge in [-0.25, -0.2) is 0 Å². The van der Waals surface area contributed by atoms with E-state index in [4.69, 9.17) is 0 Å². The predicted octanol–water partition coefficient (Wildman–Crippen LogP) is 10.7. The molecule has 2 aromatic carbocycles. The van der Waals surface area contributed by atoms with Crippen LogP contribution in [0.2, 0.25) is 0 Å². The van der Waals surface area contributed by atoms with E-state index in [2.05, 4.69) is 74.6 Å². The van der Waals surface area contributed by atoms with Crippen LogP contribution in [0.3, 0.4) is 0 Å². The fraction of sp³-hybridized carbons (Fsp3) is 0.625. The molecule has 1 atom stereocenters. The Kier molecular flexibility index (Phi) is 16.5. The summed E-state index contributed by atoms with van der Waals surface area (Å²) < 4.78 is 0. The monoisotopic (exact) mass is 514 g/mol. The highest BCUT2D eigenvalue weighted by Gasteiger charge is 2.17. The normalized spacial score (nSPS) is 12.2. The van der Waals surface area contributed by atoms with Crippen molar-refractivity contribution in [3.05, 3.63) is 64.7 Å². The van der Waals surface area contributed by atoms with Crippen molar-refractivity contribution >= 4 is 23.5 Å². The third-order valence-electron chi connectivity index (χ3n) is 6.91. The van der Waals surface area contributed by atoms with Crippen molar-refractivity contribution in [2.45, 2.75) is 115 Å². The zero-order valence-corrected chi connectivity index (χ0v) is 24.3. The van der Waals surface area contributed by atoms with Crippen molar-refractivity contribution in [3.8, 4) is 5.75 Å². The molecule has 0 heterocycles. The van der Waals surface area contributed by atoms with Gasteiger partial charge in [-0.15, -0.1) is 0 Å². The average Bonchev–Trinajstić information content (AvgIpc) is 2.87. The number of rotatable bonds is 20. The van der Waals surface area contributed by atoms with Crippen LogP contribution in [0.5, 0.6) is 5.75 Å². The fourth-order valence-corrected chi connectivity index (χ4v) is 6.79. The molecular weight excluding hydrogens is 464 g/mol. The molecule has 0 radical (unpaired) electrons. The summed E-state index contributed by atoms with van der Waals surface area (Å²) in [6.45, 7) is 6.91. The minimum Gasteiger partial charge on any atom is -0.508 e. The standard InChI is InChI=1S/C32H50OS2/c1-4-6-8-10-12-14-23-34-25-29-17-16-18-30(26-35-24-15-13-11-9-7-5-2)32(29)27(3)28-19-21-31(33)22-20-28/h16-22,27,33H,4-15,23-26H2,1-3H3. The summed E-state index contributed by atoms with van der Waals surface area (Å²) in [5.41, 5.74) is 5.81. The van der Waals surface area contributed by atoms with E-state index < -0.39 is 0 Å². The Labute approximate surface area is 225 Å². The van der Waals surface area contributed by atoms with Crippen molar-refractivity contribution < 1.29 is 5.11 Å². The number of hydrogen-bond donors (Lipinski definition) is 1. The summed E-state index contributed by atoms with van der Waals surface area (Å²) in [6, 6.07) is 14.8. The first-order chi connectivity index (χ1) is 17.2. The molecule has 35 heavy (non-hydrogen) atoms. The van der Waals surface area contributed by atoms with Gasteiger partial charge in [0.15, 0.2) is 0 Å². The number of aromatic hydroxyl groups is 1. The van der Waals surface area contributed by atoms with Crippen molar-refractivity contribution in [3.63, 3.8) is 0 Å². The second-order valence-electron chi connectivity index (χ2n) is 9.94. The first-order valence-electron chi connectivity index (χ1n) is 14.2. The molecule has 0 aliphatic carbocycles. The van der Waals surface area contributed by atoms with E-state index in [9.17, 15) is 5.11 Å². The van der Waals surface area contributed by atoms with Crippen LogP contribution >= 0.6 is 23.5 Å². The van der Waals surface area contributed by atoms with Crippen LogP contribution in [0.4, 0.5) is 0 Å². The summed E-state index contributed by atoms with van der Waals surface area (Å²) in [4.78, 5) is 0. The molecule has 0 aliphatic heterocycles. The van der Waals surface area contributed by atoms with Crippen LogP contribution in [0, 0.1) is 0 Å². The Bertz CT molecular complexity index is 748. The zero-order valence-electron chi connectivity index (χ0n) is 22.7. The Morgan fingerprint density at radius 1 is 0.629 bits per heavy atom. The molecule has 0 fully saturated rings. The van der Waals surface area contributed by atoms with Gasteiger partial charge in [0.2, 0.25) is 0 Å². The summed E-state index contributed by atoms with van der Waals surface area (Å²) in [7, 11) is 0. The number of phenols is 1. The van der Waals surface area contributed by atoms with Gasteiger partial charge in [-0.1, -0.05) is 115 Å². The minimum atomic E-state index is 0.339. The molecule has 3 heteroatoms. The molecule has 1 unspecified atom stereocenters. The van der Waals surface area contributed by atoms with Gasteiger partial charge in [0, 0.05) is 17.4 Å². The average molecular weight is 515 g/mol. The molecule has 2 aromatic rings. The van der Waals surface area contributed by atoms with E-state index in [0.717, 1.165) is 11.5 Å². The van der Waals surface area contributed by atoms with Gasteiger partial charge >= 0.3 is 0 Å². The Hall–Kier alpha value is -1.06. The lowest BCUT2D eigenvalue weighted by Crippen LogP contribution is -2.05. The first-order valence-corrected chi connectivity index (χ1v) is 16.5. The zero-order chi connectivity index (χ0) is 25.1. The van der Waals surface area contributed by atoms with E-state index >= 15 is 0 Å². The quantitative estimate of drug-likeness (QED) is 0.177. The van der Waals surface area contributed by atoms with Gasteiger partial charge in [-0.3, -0.25) is 0 Å².